The Bertz CT molecular complexity index is 130. The van der Waals surface area contributed by atoms with Crippen LogP contribution >= 0.6 is 44.2 Å². The summed E-state index contributed by atoms with van der Waals surface area (Å²) >= 11 is 7.41. The zero-order chi connectivity index (χ0) is 14.2. The first-order valence-corrected chi connectivity index (χ1v) is 14.9. The Balaban J connectivity index is 0. The molecule has 0 aromatic carbocycles. The maximum atomic E-state index is 3.70. The Kier molecular flexibility index (Phi) is 23.1. The van der Waals surface area contributed by atoms with Crippen LogP contribution in [-0.4, -0.2) is 24.6 Å². The van der Waals surface area contributed by atoms with Gasteiger partial charge in [-0.2, -0.15) is 0 Å². The standard InChI is InChI=1S/2C7H16BrP/c2*1-3-5-7-9(8)6-4-2/h2*3-7H2,1-2H3. The summed E-state index contributed by atoms with van der Waals surface area (Å²) in [5.74, 6) is 0. The lowest BCUT2D eigenvalue weighted by molar-refractivity contribution is 0.891. The van der Waals surface area contributed by atoms with Gasteiger partial charge >= 0.3 is 0 Å². The third-order valence-corrected chi connectivity index (χ3v) is 10.2. The van der Waals surface area contributed by atoms with E-state index in [0.29, 0.717) is 0 Å². The van der Waals surface area contributed by atoms with Crippen LogP contribution in [0.5, 0.6) is 0 Å². The van der Waals surface area contributed by atoms with Gasteiger partial charge in [-0.1, -0.05) is 84.4 Å². The average molecular weight is 422 g/mol. The maximum Gasteiger partial charge on any atom is -0.0227 e. The van der Waals surface area contributed by atoms with Crippen molar-refractivity contribution in [3.63, 3.8) is 0 Å². The maximum absolute atomic E-state index is 3.70. The molecule has 0 saturated heterocycles. The fraction of sp³-hybridized carbons (Fsp3) is 1.00. The molecule has 0 nitrogen and oxygen atoms in total. The lowest BCUT2D eigenvalue weighted by atomic mass is 10.4. The summed E-state index contributed by atoms with van der Waals surface area (Å²) < 4.78 is 0. The minimum absolute atomic E-state index is 0.226. The molecule has 0 heterocycles. The van der Waals surface area contributed by atoms with Crippen LogP contribution in [-0.2, 0) is 0 Å². The molecule has 0 aliphatic carbocycles. The largest absolute Gasteiger partial charge is 0.0654 e. The van der Waals surface area contributed by atoms with Gasteiger partial charge in [-0.3, -0.25) is 0 Å². The van der Waals surface area contributed by atoms with Crippen molar-refractivity contribution in [2.75, 3.05) is 24.6 Å². The summed E-state index contributed by atoms with van der Waals surface area (Å²) in [6.45, 7) is 9.46. The average Bonchev–Trinajstić information content (AvgIpc) is 2.35. The van der Waals surface area contributed by atoms with Crippen molar-refractivity contribution in [2.45, 2.75) is 66.2 Å². The molecule has 0 aliphatic heterocycles. The Morgan fingerprint density at radius 1 is 0.556 bits per heavy atom. The fourth-order valence-electron chi connectivity index (χ4n) is 1.37. The molecule has 0 aromatic rings. The third kappa shape index (κ3) is 20.1. The molecular weight excluding hydrogens is 390 g/mol. The van der Waals surface area contributed by atoms with Gasteiger partial charge in [0, 0.05) is 0 Å². The molecule has 112 valence electrons. The van der Waals surface area contributed by atoms with Gasteiger partial charge in [0.05, 0.1) is 0 Å². The normalized spacial score (nSPS) is 13.7. The van der Waals surface area contributed by atoms with Crippen LogP contribution in [0.2, 0.25) is 0 Å². The molecule has 0 aromatic heterocycles. The Morgan fingerprint density at radius 3 is 1.11 bits per heavy atom. The minimum atomic E-state index is 0.226. The number of halogens is 2. The molecule has 0 N–H and O–H groups in total. The summed E-state index contributed by atoms with van der Waals surface area (Å²) in [6, 6.07) is 0. The first kappa shape index (κ1) is 22.1. The predicted molar refractivity (Wildman–Crippen MR) is 102 cm³/mol. The predicted octanol–water partition coefficient (Wildman–Crippen LogP) is 7.98. The van der Waals surface area contributed by atoms with Crippen molar-refractivity contribution in [1.29, 1.82) is 0 Å². The highest BCUT2D eigenvalue weighted by Gasteiger charge is 1.99. The molecule has 0 spiro atoms. The van der Waals surface area contributed by atoms with Gasteiger partial charge in [0.1, 0.15) is 0 Å². The zero-order valence-corrected chi connectivity index (χ0v) is 17.7. The highest BCUT2D eigenvalue weighted by Crippen LogP contribution is 2.45. The van der Waals surface area contributed by atoms with Crippen molar-refractivity contribution in [3.8, 4) is 0 Å². The van der Waals surface area contributed by atoms with Gasteiger partial charge in [-0.15, -0.1) is 0 Å². The van der Waals surface area contributed by atoms with E-state index in [1.54, 1.807) is 0 Å². The Morgan fingerprint density at radius 2 is 0.889 bits per heavy atom. The van der Waals surface area contributed by atoms with Crippen LogP contribution in [0.4, 0.5) is 0 Å². The van der Waals surface area contributed by atoms with E-state index < -0.39 is 0 Å². The molecule has 18 heavy (non-hydrogen) atoms. The van der Waals surface area contributed by atoms with Gasteiger partial charge in [0.15, 0.2) is 0 Å². The van der Waals surface area contributed by atoms with Crippen molar-refractivity contribution in [3.05, 3.63) is 0 Å². The molecule has 0 amide bonds. The fourth-order valence-corrected chi connectivity index (χ4v) is 7.74. The molecular formula is C14H32Br2P2. The first-order valence-electron chi connectivity index (χ1n) is 7.43. The molecule has 0 saturated carbocycles. The van der Waals surface area contributed by atoms with E-state index in [9.17, 15) is 0 Å². The van der Waals surface area contributed by atoms with Crippen molar-refractivity contribution >= 4 is 44.2 Å². The van der Waals surface area contributed by atoms with Crippen LogP contribution in [0.15, 0.2) is 0 Å². The summed E-state index contributed by atoms with van der Waals surface area (Å²) in [4.78, 5) is 0. The topological polar surface area (TPSA) is 0 Å². The molecule has 2 atom stereocenters. The highest BCUT2D eigenvalue weighted by atomic mass is 79.9. The lowest BCUT2D eigenvalue weighted by Crippen LogP contribution is -1.81. The second-order valence-corrected chi connectivity index (χ2v) is 14.2. The van der Waals surface area contributed by atoms with E-state index in [1.807, 2.05) is 0 Å². The van der Waals surface area contributed by atoms with Gasteiger partial charge in [-0.05, 0) is 50.7 Å². The monoisotopic (exact) mass is 420 g/mol. The number of rotatable bonds is 10. The second kappa shape index (κ2) is 18.8. The summed E-state index contributed by atoms with van der Waals surface area (Å²) in [5, 5.41) is 0. The molecule has 0 bridgehead atoms. The van der Waals surface area contributed by atoms with E-state index in [4.69, 9.17) is 0 Å². The van der Waals surface area contributed by atoms with Crippen molar-refractivity contribution in [2.24, 2.45) is 0 Å². The Hall–Kier alpha value is 1.82. The van der Waals surface area contributed by atoms with Crippen LogP contribution in [0, 0.1) is 0 Å². The van der Waals surface area contributed by atoms with Crippen LogP contribution in [0.25, 0.3) is 0 Å². The Labute approximate surface area is 134 Å². The van der Waals surface area contributed by atoms with Gasteiger partial charge < -0.3 is 0 Å². The highest BCUT2D eigenvalue weighted by molar-refractivity contribution is 9.39. The first-order chi connectivity index (χ1) is 8.62. The van der Waals surface area contributed by atoms with Gasteiger partial charge in [-0.25, -0.2) is 0 Å². The third-order valence-electron chi connectivity index (χ3n) is 2.44. The molecule has 0 fully saturated rings. The van der Waals surface area contributed by atoms with Crippen LogP contribution < -0.4 is 0 Å². The van der Waals surface area contributed by atoms with Gasteiger partial charge in [0.25, 0.3) is 0 Å². The van der Waals surface area contributed by atoms with Crippen LogP contribution in [0.3, 0.4) is 0 Å². The van der Waals surface area contributed by atoms with Crippen molar-refractivity contribution < 1.29 is 0 Å². The van der Waals surface area contributed by atoms with E-state index in [1.165, 1.54) is 63.2 Å². The SMILES string of the molecule is CCCCP(Br)CCC.CCCCP(Br)CCC. The number of hydrogen-bond donors (Lipinski definition) is 0. The zero-order valence-electron chi connectivity index (χ0n) is 12.7. The molecule has 2 unspecified atom stereocenters. The van der Waals surface area contributed by atoms with E-state index in [2.05, 4.69) is 58.7 Å². The van der Waals surface area contributed by atoms with Crippen LogP contribution in [0.1, 0.15) is 66.2 Å². The number of hydrogen-bond acceptors (Lipinski definition) is 0. The van der Waals surface area contributed by atoms with E-state index in [-0.39, 0.29) is 13.2 Å². The molecule has 0 rings (SSSR count). The second-order valence-electron chi connectivity index (χ2n) is 4.53. The molecule has 0 aliphatic rings. The summed E-state index contributed by atoms with van der Waals surface area (Å²) in [7, 11) is 0. The summed E-state index contributed by atoms with van der Waals surface area (Å²) in [5.41, 5.74) is 0. The number of unbranched alkanes of at least 4 members (excludes halogenated alkanes) is 2. The van der Waals surface area contributed by atoms with Crippen molar-refractivity contribution in [1.82, 2.24) is 0 Å². The molecule has 4 heteroatoms. The molecule has 0 radical (unpaired) electrons. The lowest BCUT2D eigenvalue weighted by Gasteiger charge is -2.05. The van der Waals surface area contributed by atoms with E-state index in [0.717, 1.165) is 0 Å². The van der Waals surface area contributed by atoms with E-state index >= 15 is 0 Å². The summed E-state index contributed by atoms with van der Waals surface area (Å²) in [6.07, 6.45) is 13.8. The minimum Gasteiger partial charge on any atom is -0.0654 e. The smallest absolute Gasteiger partial charge is 0.0227 e. The quantitative estimate of drug-likeness (QED) is 0.313. The van der Waals surface area contributed by atoms with Gasteiger partial charge in [0.2, 0.25) is 0 Å².